The van der Waals surface area contributed by atoms with Gasteiger partial charge >= 0.3 is 6.03 Å². The number of amides is 3. The van der Waals surface area contributed by atoms with Gasteiger partial charge in [0.1, 0.15) is 11.3 Å². The number of benzene rings is 1. The van der Waals surface area contributed by atoms with Crippen molar-refractivity contribution in [1.82, 2.24) is 10.3 Å². The number of nitrogens with one attached hydrogen (secondary N) is 1. The van der Waals surface area contributed by atoms with Crippen molar-refractivity contribution >= 4 is 18.2 Å². The quantitative estimate of drug-likeness (QED) is 0.620. The second-order valence-corrected chi connectivity index (χ2v) is 9.44. The molecule has 0 aliphatic carbocycles. The van der Waals surface area contributed by atoms with Gasteiger partial charge in [0.2, 0.25) is 0 Å². The van der Waals surface area contributed by atoms with Crippen LogP contribution in [0.3, 0.4) is 0 Å². The molecule has 1 aromatic rings. The summed E-state index contributed by atoms with van der Waals surface area (Å²) in [5.74, 6) is -0.0854. The molecule has 0 aromatic heterocycles. The van der Waals surface area contributed by atoms with Gasteiger partial charge in [-0.25, -0.2) is 4.79 Å². The summed E-state index contributed by atoms with van der Waals surface area (Å²) in [6.07, 6.45) is 1.99. The number of urea groups is 1. The van der Waals surface area contributed by atoms with Crippen LogP contribution in [0.15, 0.2) is 17.2 Å². The lowest BCUT2D eigenvalue weighted by Gasteiger charge is -2.27. The van der Waals surface area contributed by atoms with E-state index in [1.165, 1.54) is 6.21 Å². The first-order chi connectivity index (χ1) is 12.2. The number of phenols is 1. The number of phenolic OH excluding ortho intramolecular Hbond substituents is 1. The zero-order valence-corrected chi connectivity index (χ0v) is 17.6. The maximum atomic E-state index is 12.5. The van der Waals surface area contributed by atoms with Crippen molar-refractivity contribution < 1.29 is 14.7 Å². The van der Waals surface area contributed by atoms with Crippen LogP contribution in [0.2, 0.25) is 0 Å². The summed E-state index contributed by atoms with van der Waals surface area (Å²) in [5, 5.41) is 18.5. The molecule has 1 fully saturated rings. The molecule has 1 saturated heterocycles. The van der Waals surface area contributed by atoms with E-state index in [2.05, 4.69) is 10.4 Å². The van der Waals surface area contributed by atoms with E-state index in [4.69, 9.17) is 0 Å². The number of nitrogens with zero attached hydrogens (tertiary/aromatic N) is 2. The summed E-state index contributed by atoms with van der Waals surface area (Å²) in [5.41, 5.74) is 0.869. The van der Waals surface area contributed by atoms with Gasteiger partial charge in [0.25, 0.3) is 5.91 Å². The first kappa shape index (κ1) is 20.9. The summed E-state index contributed by atoms with van der Waals surface area (Å²) >= 11 is 0. The number of rotatable bonds is 3. The first-order valence-electron chi connectivity index (χ1n) is 9.29. The summed E-state index contributed by atoms with van der Waals surface area (Å²) < 4.78 is 0. The van der Waals surface area contributed by atoms with Crippen molar-refractivity contribution in [2.75, 3.05) is 0 Å². The lowest BCUT2D eigenvalue weighted by Crippen LogP contribution is -2.42. The molecule has 1 aliphatic rings. The van der Waals surface area contributed by atoms with Crippen LogP contribution in [-0.2, 0) is 15.6 Å². The average molecular weight is 373 g/mol. The third kappa shape index (κ3) is 3.99. The standard InChI is InChI=1S/C21H31N3O3/c1-9-21(8)17(26)24(18(27)23-21)22-12-13-10-14(19(2,3)4)16(25)15(11-13)20(5,6)7/h10-12,25H,9H2,1-8H3,(H,23,27). The molecular formula is C21H31N3O3. The first-order valence-corrected chi connectivity index (χ1v) is 9.29. The van der Waals surface area contributed by atoms with Crippen LogP contribution < -0.4 is 5.32 Å². The van der Waals surface area contributed by atoms with E-state index in [1.54, 1.807) is 6.92 Å². The molecule has 6 heteroatoms. The molecule has 1 aromatic carbocycles. The average Bonchev–Trinajstić information content (AvgIpc) is 2.74. The number of hydrazone groups is 1. The van der Waals surface area contributed by atoms with Crippen molar-refractivity contribution in [3.05, 3.63) is 28.8 Å². The normalized spacial score (nSPS) is 21.3. The number of carbonyl (C=O) groups excluding carboxylic acids is 2. The van der Waals surface area contributed by atoms with Crippen molar-refractivity contribution in [3.63, 3.8) is 0 Å². The second kappa shape index (κ2) is 6.66. The summed E-state index contributed by atoms with van der Waals surface area (Å²) in [6.45, 7) is 15.7. The monoisotopic (exact) mass is 373 g/mol. The van der Waals surface area contributed by atoms with Crippen LogP contribution in [0.25, 0.3) is 0 Å². The lowest BCUT2D eigenvalue weighted by molar-refractivity contribution is -0.130. The fourth-order valence-corrected chi connectivity index (χ4v) is 3.01. The van der Waals surface area contributed by atoms with E-state index < -0.39 is 11.6 Å². The van der Waals surface area contributed by atoms with Gasteiger partial charge in [0.15, 0.2) is 0 Å². The van der Waals surface area contributed by atoms with E-state index in [0.29, 0.717) is 6.42 Å². The van der Waals surface area contributed by atoms with E-state index in [0.717, 1.165) is 21.7 Å². The minimum absolute atomic E-state index is 0.268. The minimum atomic E-state index is -0.920. The van der Waals surface area contributed by atoms with Crippen LogP contribution in [-0.4, -0.2) is 33.8 Å². The highest BCUT2D eigenvalue weighted by atomic mass is 16.3. The Morgan fingerprint density at radius 1 is 1.11 bits per heavy atom. The number of hydrogen-bond acceptors (Lipinski definition) is 4. The Labute approximate surface area is 161 Å². The fourth-order valence-electron chi connectivity index (χ4n) is 3.01. The predicted octanol–water partition coefficient (Wildman–Crippen LogP) is 4.04. The van der Waals surface area contributed by atoms with E-state index in [1.807, 2.05) is 60.6 Å². The van der Waals surface area contributed by atoms with Gasteiger partial charge < -0.3 is 10.4 Å². The minimum Gasteiger partial charge on any atom is -0.507 e. The Hall–Kier alpha value is -2.37. The molecule has 27 heavy (non-hydrogen) atoms. The van der Waals surface area contributed by atoms with Crippen molar-refractivity contribution in [1.29, 1.82) is 0 Å². The van der Waals surface area contributed by atoms with Crippen LogP contribution in [0.5, 0.6) is 5.75 Å². The largest absolute Gasteiger partial charge is 0.507 e. The van der Waals surface area contributed by atoms with Crippen LogP contribution in [0.4, 0.5) is 4.79 Å². The highest BCUT2D eigenvalue weighted by Gasteiger charge is 2.46. The molecule has 1 aliphatic heterocycles. The van der Waals surface area contributed by atoms with Crippen molar-refractivity contribution in [3.8, 4) is 5.75 Å². The molecule has 2 N–H and O–H groups in total. The highest BCUT2D eigenvalue weighted by Crippen LogP contribution is 2.39. The maximum Gasteiger partial charge on any atom is 0.346 e. The summed E-state index contributed by atoms with van der Waals surface area (Å²) in [4.78, 5) is 24.6. The van der Waals surface area contributed by atoms with E-state index in [-0.39, 0.29) is 22.5 Å². The molecule has 1 atom stereocenters. The summed E-state index contributed by atoms with van der Waals surface area (Å²) in [6, 6.07) is 3.18. The van der Waals surface area contributed by atoms with Crippen LogP contribution in [0, 0.1) is 0 Å². The van der Waals surface area contributed by atoms with Gasteiger partial charge in [0.05, 0.1) is 6.21 Å². The molecule has 0 saturated carbocycles. The van der Waals surface area contributed by atoms with E-state index in [9.17, 15) is 14.7 Å². The zero-order chi connectivity index (χ0) is 20.8. The lowest BCUT2D eigenvalue weighted by atomic mass is 9.78. The number of aromatic hydroxyl groups is 1. The van der Waals surface area contributed by atoms with Crippen LogP contribution in [0.1, 0.15) is 78.5 Å². The second-order valence-electron chi connectivity index (χ2n) is 9.44. The third-order valence-electron chi connectivity index (χ3n) is 5.02. The zero-order valence-electron chi connectivity index (χ0n) is 17.6. The van der Waals surface area contributed by atoms with Gasteiger partial charge in [-0.15, -0.1) is 5.01 Å². The molecular weight excluding hydrogens is 342 g/mol. The molecule has 3 amide bonds. The van der Waals surface area contributed by atoms with Crippen molar-refractivity contribution in [2.45, 2.75) is 78.2 Å². The summed E-state index contributed by atoms with van der Waals surface area (Å²) in [7, 11) is 0. The molecule has 6 nitrogen and oxygen atoms in total. The fraction of sp³-hybridized carbons (Fsp3) is 0.571. The number of imide groups is 1. The SMILES string of the molecule is CCC1(C)NC(=O)N(N=Cc2cc(C(C)(C)C)c(O)c(C(C)(C)C)c2)C1=O. The molecule has 148 valence electrons. The Kier molecular flexibility index (Phi) is 5.16. The topological polar surface area (TPSA) is 82.0 Å². The van der Waals surface area contributed by atoms with Gasteiger partial charge in [-0.3, -0.25) is 4.79 Å². The molecule has 1 unspecified atom stereocenters. The Morgan fingerprint density at radius 3 is 1.96 bits per heavy atom. The van der Waals surface area contributed by atoms with Crippen molar-refractivity contribution in [2.24, 2.45) is 5.10 Å². The molecule has 0 radical (unpaired) electrons. The third-order valence-corrected chi connectivity index (χ3v) is 5.02. The van der Waals surface area contributed by atoms with Gasteiger partial charge in [-0.1, -0.05) is 48.5 Å². The van der Waals surface area contributed by atoms with Gasteiger partial charge in [-0.2, -0.15) is 5.10 Å². The smallest absolute Gasteiger partial charge is 0.346 e. The Balaban J connectivity index is 2.49. The molecule has 0 bridgehead atoms. The Morgan fingerprint density at radius 2 is 1.59 bits per heavy atom. The van der Waals surface area contributed by atoms with Crippen LogP contribution >= 0.6 is 0 Å². The highest BCUT2D eigenvalue weighted by molar-refractivity contribution is 6.07. The van der Waals surface area contributed by atoms with Gasteiger partial charge in [0, 0.05) is 11.1 Å². The molecule has 2 rings (SSSR count). The Bertz CT molecular complexity index is 765. The molecule has 0 spiro atoms. The van der Waals surface area contributed by atoms with E-state index >= 15 is 0 Å². The predicted molar refractivity (Wildman–Crippen MR) is 107 cm³/mol. The van der Waals surface area contributed by atoms with Gasteiger partial charge in [-0.05, 0) is 41.9 Å². The maximum absolute atomic E-state index is 12.5. The molecule has 1 heterocycles. The number of carbonyl (C=O) groups is 2. The number of hydrogen-bond donors (Lipinski definition) is 2.